The van der Waals surface area contributed by atoms with E-state index < -0.39 is 18.1 Å². The highest BCUT2D eigenvalue weighted by Crippen LogP contribution is 2.27. The number of alkyl halides is 3. The molecule has 0 atom stereocenters. The van der Waals surface area contributed by atoms with Crippen molar-refractivity contribution in [1.82, 2.24) is 0 Å². The largest absolute Gasteiger partial charge is 0.573 e. The Bertz CT molecular complexity index is 514. The number of ether oxygens (including phenoxy) is 1. The number of hydrogen-bond acceptors (Lipinski definition) is 2. The van der Waals surface area contributed by atoms with Gasteiger partial charge in [-0.15, -0.1) is 13.2 Å². The van der Waals surface area contributed by atoms with Gasteiger partial charge in [-0.1, -0.05) is 23.4 Å². The summed E-state index contributed by atoms with van der Waals surface area (Å²) in [7, 11) is 0. The molecule has 1 aromatic carbocycles. The zero-order chi connectivity index (χ0) is 13.8. The molecule has 18 heavy (non-hydrogen) atoms. The Balaban J connectivity index is 2.85. The van der Waals surface area contributed by atoms with Gasteiger partial charge in [0.1, 0.15) is 12.2 Å². The summed E-state index contributed by atoms with van der Waals surface area (Å²) in [5, 5.41) is 8.31. The van der Waals surface area contributed by atoms with Crippen molar-refractivity contribution in [2.45, 2.75) is 12.8 Å². The van der Waals surface area contributed by atoms with Crippen molar-refractivity contribution < 1.29 is 27.8 Å². The molecule has 1 N–H and O–H groups in total. The molecule has 0 amide bonds. The minimum atomic E-state index is -4.79. The molecule has 0 radical (unpaired) electrons. The maximum atomic E-state index is 11.9. The zero-order valence-electron chi connectivity index (χ0n) is 8.71. The fourth-order valence-electron chi connectivity index (χ4n) is 1.01. The van der Waals surface area contributed by atoms with Gasteiger partial charge in [-0.3, -0.25) is 4.79 Å². The molecule has 7 heteroatoms. The normalized spacial score (nSPS) is 10.4. The second-order valence-corrected chi connectivity index (χ2v) is 3.47. The highest BCUT2D eigenvalue weighted by molar-refractivity contribution is 6.31. The summed E-state index contributed by atoms with van der Waals surface area (Å²) in [6.45, 7) is 0. The summed E-state index contributed by atoms with van der Waals surface area (Å²) in [5.41, 5.74) is 0.229. The second-order valence-electron chi connectivity index (χ2n) is 3.06. The average molecular weight is 279 g/mol. The molecule has 0 heterocycles. The van der Waals surface area contributed by atoms with Crippen molar-refractivity contribution in [2.24, 2.45) is 0 Å². The number of carboxylic acids is 1. The van der Waals surface area contributed by atoms with E-state index >= 15 is 0 Å². The van der Waals surface area contributed by atoms with E-state index in [9.17, 15) is 18.0 Å². The summed E-state index contributed by atoms with van der Waals surface area (Å²) in [4.78, 5) is 10.2. The fourth-order valence-corrected chi connectivity index (χ4v) is 1.23. The SMILES string of the molecule is O=C(O)CC#Cc1ccc(OC(F)(F)F)cc1Cl. The van der Waals surface area contributed by atoms with Crippen LogP contribution in [-0.2, 0) is 4.79 Å². The molecule has 1 rings (SSSR count). The van der Waals surface area contributed by atoms with Gasteiger partial charge >= 0.3 is 12.3 Å². The number of halogens is 4. The third-order valence-electron chi connectivity index (χ3n) is 1.64. The predicted octanol–water partition coefficient (Wildman–Crippen LogP) is 3.06. The Morgan fingerprint density at radius 2 is 2.11 bits per heavy atom. The molecule has 3 nitrogen and oxygen atoms in total. The van der Waals surface area contributed by atoms with Crippen LogP contribution < -0.4 is 4.74 Å². The first-order valence-corrected chi connectivity index (χ1v) is 4.92. The second kappa shape index (κ2) is 5.65. The van der Waals surface area contributed by atoms with Crippen molar-refractivity contribution in [2.75, 3.05) is 0 Å². The maximum absolute atomic E-state index is 11.9. The lowest BCUT2D eigenvalue weighted by atomic mass is 10.2. The summed E-state index contributed by atoms with van der Waals surface area (Å²) in [5.74, 6) is 3.18. The number of aliphatic carboxylic acids is 1. The average Bonchev–Trinajstić information content (AvgIpc) is 2.18. The van der Waals surface area contributed by atoms with Crippen LogP contribution in [0.1, 0.15) is 12.0 Å². The molecule has 1 aromatic rings. The van der Waals surface area contributed by atoms with Gasteiger partial charge in [-0.2, -0.15) is 0 Å². The molecule has 0 aliphatic rings. The molecular formula is C11H6ClF3O3. The Hall–Kier alpha value is -1.87. The van der Waals surface area contributed by atoms with Crippen LogP contribution in [0.25, 0.3) is 0 Å². The van der Waals surface area contributed by atoms with E-state index in [0.29, 0.717) is 0 Å². The van der Waals surface area contributed by atoms with Gasteiger partial charge in [0.05, 0.1) is 5.02 Å². The number of benzene rings is 1. The van der Waals surface area contributed by atoms with Gasteiger partial charge in [0.25, 0.3) is 0 Å². The Morgan fingerprint density at radius 1 is 1.44 bits per heavy atom. The van der Waals surface area contributed by atoms with Crippen molar-refractivity contribution in [3.8, 4) is 17.6 Å². The number of carbonyl (C=O) groups is 1. The van der Waals surface area contributed by atoms with Crippen LogP contribution in [0.3, 0.4) is 0 Å². The van der Waals surface area contributed by atoms with Crippen molar-refractivity contribution in [3.05, 3.63) is 28.8 Å². The Labute approximate surface area is 105 Å². The van der Waals surface area contributed by atoms with Crippen LogP contribution in [0.2, 0.25) is 5.02 Å². The molecule has 96 valence electrons. The number of carboxylic acid groups (broad SMARTS) is 1. The van der Waals surface area contributed by atoms with Crippen LogP contribution >= 0.6 is 11.6 Å². The Kier molecular flexibility index (Phi) is 4.45. The standard InChI is InChI=1S/C11H6ClF3O3/c12-9-6-8(18-11(13,14)15)5-4-7(9)2-1-3-10(16)17/h4-6H,3H2,(H,16,17). The van der Waals surface area contributed by atoms with Gasteiger partial charge < -0.3 is 9.84 Å². The molecular weight excluding hydrogens is 273 g/mol. The molecule has 0 aliphatic carbocycles. The van der Waals surface area contributed by atoms with Crippen molar-refractivity contribution in [1.29, 1.82) is 0 Å². The van der Waals surface area contributed by atoms with E-state index in [1.165, 1.54) is 6.07 Å². The summed E-state index contributed by atoms with van der Waals surface area (Å²) >= 11 is 5.68. The van der Waals surface area contributed by atoms with Gasteiger partial charge in [0.15, 0.2) is 0 Å². The van der Waals surface area contributed by atoms with Crippen LogP contribution in [0.15, 0.2) is 18.2 Å². The molecule has 0 spiro atoms. The Morgan fingerprint density at radius 3 is 2.61 bits per heavy atom. The van der Waals surface area contributed by atoms with Crippen LogP contribution in [-0.4, -0.2) is 17.4 Å². The lowest BCUT2D eigenvalue weighted by molar-refractivity contribution is -0.274. The van der Waals surface area contributed by atoms with Crippen molar-refractivity contribution in [3.63, 3.8) is 0 Å². The quantitative estimate of drug-likeness (QED) is 0.846. The first-order valence-electron chi connectivity index (χ1n) is 4.54. The topological polar surface area (TPSA) is 46.5 Å². The van der Waals surface area contributed by atoms with Gasteiger partial charge in [0.2, 0.25) is 0 Å². The molecule has 0 aliphatic heterocycles. The molecule has 0 unspecified atom stereocenters. The van der Waals surface area contributed by atoms with Crippen molar-refractivity contribution >= 4 is 17.6 Å². The third kappa shape index (κ3) is 4.97. The smallest absolute Gasteiger partial charge is 0.481 e. The van der Waals surface area contributed by atoms with E-state index in [1.807, 2.05) is 0 Å². The zero-order valence-corrected chi connectivity index (χ0v) is 9.47. The molecule has 0 saturated carbocycles. The van der Waals surface area contributed by atoms with E-state index in [4.69, 9.17) is 16.7 Å². The van der Waals surface area contributed by atoms with E-state index in [1.54, 1.807) is 0 Å². The number of rotatable bonds is 2. The lowest BCUT2D eigenvalue weighted by Gasteiger charge is -2.09. The highest BCUT2D eigenvalue weighted by atomic mass is 35.5. The minimum absolute atomic E-state index is 0.0466. The molecule has 0 aromatic heterocycles. The molecule has 0 fully saturated rings. The van der Waals surface area contributed by atoms with Crippen LogP contribution in [0, 0.1) is 11.8 Å². The third-order valence-corrected chi connectivity index (χ3v) is 1.95. The first-order chi connectivity index (χ1) is 8.28. The fraction of sp³-hybridized carbons (Fsp3) is 0.182. The number of hydrogen-bond donors (Lipinski definition) is 1. The molecule has 0 bridgehead atoms. The minimum Gasteiger partial charge on any atom is -0.481 e. The first kappa shape index (κ1) is 14.2. The summed E-state index contributed by atoms with van der Waals surface area (Å²) in [6.07, 6.45) is -5.17. The van der Waals surface area contributed by atoms with Gasteiger partial charge in [-0.05, 0) is 12.1 Å². The van der Waals surface area contributed by atoms with E-state index in [2.05, 4.69) is 16.6 Å². The molecule has 0 saturated heterocycles. The maximum Gasteiger partial charge on any atom is 0.573 e. The predicted molar refractivity (Wildman–Crippen MR) is 57.3 cm³/mol. The highest BCUT2D eigenvalue weighted by Gasteiger charge is 2.31. The summed E-state index contributed by atoms with van der Waals surface area (Å²) < 4.78 is 39.4. The van der Waals surface area contributed by atoms with E-state index in [0.717, 1.165) is 12.1 Å². The van der Waals surface area contributed by atoms with Gasteiger partial charge in [0, 0.05) is 11.6 Å². The van der Waals surface area contributed by atoms with Gasteiger partial charge in [-0.25, -0.2) is 0 Å². The monoisotopic (exact) mass is 278 g/mol. The van der Waals surface area contributed by atoms with Crippen LogP contribution in [0.4, 0.5) is 13.2 Å². The van der Waals surface area contributed by atoms with E-state index in [-0.39, 0.29) is 17.0 Å². The lowest BCUT2D eigenvalue weighted by Crippen LogP contribution is -2.17. The summed E-state index contributed by atoms with van der Waals surface area (Å²) in [6, 6.07) is 3.22. The van der Waals surface area contributed by atoms with Crippen LogP contribution in [0.5, 0.6) is 5.75 Å².